The summed E-state index contributed by atoms with van der Waals surface area (Å²) in [6.45, 7) is 2.56. The number of rotatable bonds is 6. The molecule has 2 heterocycles. The van der Waals surface area contributed by atoms with Crippen LogP contribution in [0.3, 0.4) is 0 Å². The molecule has 174 valence electrons. The monoisotopic (exact) mass is 524 g/mol. The topological polar surface area (TPSA) is 92.3 Å². The molecule has 0 unspecified atom stereocenters. The summed E-state index contributed by atoms with van der Waals surface area (Å²) >= 11 is 13.3. The van der Waals surface area contributed by atoms with Crippen molar-refractivity contribution in [3.8, 4) is 10.6 Å². The van der Waals surface area contributed by atoms with E-state index in [4.69, 9.17) is 23.2 Å². The number of benzene rings is 2. The summed E-state index contributed by atoms with van der Waals surface area (Å²) in [6.07, 6.45) is 0.867. The molecule has 0 aliphatic carbocycles. The molecule has 3 aromatic rings. The van der Waals surface area contributed by atoms with Crippen molar-refractivity contribution in [2.75, 3.05) is 18.4 Å². The highest BCUT2D eigenvalue weighted by Gasteiger charge is 2.32. The maximum Gasteiger partial charge on any atom is 0.229 e. The second kappa shape index (κ2) is 10.1. The van der Waals surface area contributed by atoms with Crippen molar-refractivity contribution in [2.24, 2.45) is 5.92 Å². The summed E-state index contributed by atoms with van der Waals surface area (Å²) < 4.78 is 27.1. The molecule has 1 aliphatic rings. The highest BCUT2D eigenvalue weighted by Crippen LogP contribution is 2.29. The van der Waals surface area contributed by atoms with Crippen LogP contribution in [0.2, 0.25) is 10.0 Å². The zero-order valence-electron chi connectivity index (χ0n) is 17.8. The van der Waals surface area contributed by atoms with Gasteiger partial charge in [0.25, 0.3) is 0 Å². The van der Waals surface area contributed by atoms with E-state index >= 15 is 0 Å². The van der Waals surface area contributed by atoms with E-state index in [0.29, 0.717) is 33.6 Å². The Balaban J connectivity index is 1.33. The molecular formula is C22H22Cl2N4O3S2. The number of carbonyl (C=O) groups is 1. The summed E-state index contributed by atoms with van der Waals surface area (Å²) in [7, 11) is -3.56. The predicted molar refractivity (Wildman–Crippen MR) is 132 cm³/mol. The molecule has 1 N–H and O–H groups in total. The Hall–Kier alpha value is -2.04. The molecule has 1 fully saturated rings. The van der Waals surface area contributed by atoms with Crippen molar-refractivity contribution in [1.82, 2.24) is 14.5 Å². The first-order valence-electron chi connectivity index (χ1n) is 10.3. The molecule has 2 aromatic carbocycles. The fraction of sp³-hybridized carbons (Fsp3) is 0.318. The van der Waals surface area contributed by atoms with Gasteiger partial charge in [-0.1, -0.05) is 70.4 Å². The van der Waals surface area contributed by atoms with Crippen LogP contribution < -0.4 is 5.32 Å². The standard InChI is InChI=1S/C22H22Cl2N4O3S2/c1-14-2-4-16(5-3-14)21-26-27-22(32-21)25-20(29)15-8-10-28(11-9-15)33(30,31)13-17-6-7-18(23)12-19(17)24/h2-7,12,15H,8-11,13H2,1H3,(H,25,27,29). The summed E-state index contributed by atoms with van der Waals surface area (Å²) in [5.74, 6) is -0.659. The number of halogens is 2. The SMILES string of the molecule is Cc1ccc(-c2nnc(NC(=O)C3CCN(S(=O)(=O)Cc4ccc(Cl)cc4Cl)CC3)s2)cc1. The van der Waals surface area contributed by atoms with Gasteiger partial charge < -0.3 is 5.32 Å². The van der Waals surface area contributed by atoms with Crippen LogP contribution in [0.5, 0.6) is 0 Å². The lowest BCUT2D eigenvalue weighted by Crippen LogP contribution is -2.41. The summed E-state index contributed by atoms with van der Waals surface area (Å²) in [5.41, 5.74) is 2.60. The molecule has 0 saturated carbocycles. The Morgan fingerprint density at radius 3 is 2.48 bits per heavy atom. The van der Waals surface area contributed by atoms with Gasteiger partial charge in [-0.2, -0.15) is 0 Å². The lowest BCUT2D eigenvalue weighted by atomic mass is 9.97. The van der Waals surface area contributed by atoms with Crippen molar-refractivity contribution in [3.05, 3.63) is 63.6 Å². The van der Waals surface area contributed by atoms with Gasteiger partial charge in [0.2, 0.25) is 21.1 Å². The smallest absolute Gasteiger partial charge is 0.229 e. The van der Waals surface area contributed by atoms with Crippen LogP contribution in [-0.4, -0.2) is 41.9 Å². The van der Waals surface area contributed by atoms with E-state index < -0.39 is 10.0 Å². The van der Waals surface area contributed by atoms with E-state index in [2.05, 4.69) is 15.5 Å². The van der Waals surface area contributed by atoms with Gasteiger partial charge in [-0.3, -0.25) is 4.79 Å². The highest BCUT2D eigenvalue weighted by molar-refractivity contribution is 7.88. The van der Waals surface area contributed by atoms with Gasteiger partial charge in [0.05, 0.1) is 5.75 Å². The quantitative estimate of drug-likeness (QED) is 0.489. The van der Waals surface area contributed by atoms with Gasteiger partial charge in [-0.05, 0) is 37.5 Å². The van der Waals surface area contributed by atoms with Crippen LogP contribution in [0.15, 0.2) is 42.5 Å². The Morgan fingerprint density at radius 1 is 1.12 bits per heavy atom. The molecule has 1 amide bonds. The maximum atomic E-state index is 12.8. The van der Waals surface area contributed by atoms with Crippen molar-refractivity contribution < 1.29 is 13.2 Å². The number of hydrogen-bond acceptors (Lipinski definition) is 6. The third kappa shape index (κ3) is 5.91. The maximum absolute atomic E-state index is 12.8. The molecule has 0 atom stereocenters. The number of nitrogens with one attached hydrogen (secondary N) is 1. The first-order valence-corrected chi connectivity index (χ1v) is 13.5. The Kier molecular flexibility index (Phi) is 7.35. The number of sulfonamides is 1. The molecule has 1 aliphatic heterocycles. The minimum Gasteiger partial charge on any atom is -0.300 e. The second-order valence-corrected chi connectivity index (χ2v) is 11.7. The molecule has 1 aromatic heterocycles. The molecule has 1 saturated heterocycles. The van der Waals surface area contributed by atoms with E-state index in [1.165, 1.54) is 21.7 Å². The number of hydrogen-bond donors (Lipinski definition) is 1. The number of carbonyl (C=O) groups excluding carboxylic acids is 1. The molecule has 11 heteroatoms. The van der Waals surface area contributed by atoms with E-state index in [0.717, 1.165) is 16.1 Å². The number of piperidine rings is 1. The van der Waals surface area contributed by atoms with Gasteiger partial charge >= 0.3 is 0 Å². The van der Waals surface area contributed by atoms with Crippen LogP contribution in [0, 0.1) is 12.8 Å². The molecule has 0 radical (unpaired) electrons. The van der Waals surface area contributed by atoms with Gasteiger partial charge in [0.15, 0.2) is 0 Å². The van der Waals surface area contributed by atoms with Crippen molar-refractivity contribution in [1.29, 1.82) is 0 Å². The lowest BCUT2D eigenvalue weighted by molar-refractivity contribution is -0.120. The summed E-state index contributed by atoms with van der Waals surface area (Å²) in [6, 6.07) is 12.7. The van der Waals surface area contributed by atoms with Crippen molar-refractivity contribution >= 4 is 55.6 Å². The van der Waals surface area contributed by atoms with E-state index in [1.807, 2.05) is 31.2 Å². The van der Waals surface area contributed by atoms with Gasteiger partial charge in [0, 0.05) is 34.6 Å². The molecule has 0 spiro atoms. The lowest BCUT2D eigenvalue weighted by Gasteiger charge is -2.30. The average molecular weight is 525 g/mol. The third-order valence-electron chi connectivity index (χ3n) is 5.52. The zero-order valence-corrected chi connectivity index (χ0v) is 20.9. The minimum atomic E-state index is -3.56. The largest absolute Gasteiger partial charge is 0.300 e. The van der Waals surface area contributed by atoms with E-state index in [-0.39, 0.29) is 30.7 Å². The van der Waals surface area contributed by atoms with Crippen molar-refractivity contribution in [3.63, 3.8) is 0 Å². The molecule has 7 nitrogen and oxygen atoms in total. The van der Waals surface area contributed by atoms with Gasteiger partial charge in [-0.25, -0.2) is 12.7 Å². The number of amides is 1. The fourth-order valence-electron chi connectivity index (χ4n) is 3.62. The van der Waals surface area contributed by atoms with E-state index in [1.54, 1.807) is 12.1 Å². The molecule has 4 rings (SSSR count). The van der Waals surface area contributed by atoms with Crippen molar-refractivity contribution in [2.45, 2.75) is 25.5 Å². The highest BCUT2D eigenvalue weighted by atomic mass is 35.5. The molecule has 0 bridgehead atoms. The summed E-state index contributed by atoms with van der Waals surface area (Å²) in [4.78, 5) is 12.7. The summed E-state index contributed by atoms with van der Waals surface area (Å²) in [5, 5.41) is 13.0. The number of aryl methyl sites for hydroxylation is 1. The predicted octanol–water partition coefficient (Wildman–Crippen LogP) is 5.00. The second-order valence-electron chi connectivity index (χ2n) is 7.93. The Bertz CT molecular complexity index is 1250. The van der Waals surface area contributed by atoms with E-state index in [9.17, 15) is 13.2 Å². The first kappa shape index (κ1) is 24.1. The number of nitrogens with zero attached hydrogens (tertiary/aromatic N) is 3. The third-order valence-corrected chi connectivity index (χ3v) is 8.83. The van der Waals surface area contributed by atoms with Crippen LogP contribution in [0.1, 0.15) is 24.0 Å². The number of aromatic nitrogens is 2. The van der Waals surface area contributed by atoms with Crippen LogP contribution in [-0.2, 0) is 20.6 Å². The van der Waals surface area contributed by atoms with Gasteiger partial charge in [0.1, 0.15) is 5.01 Å². The van der Waals surface area contributed by atoms with Gasteiger partial charge in [-0.15, -0.1) is 10.2 Å². The van der Waals surface area contributed by atoms with Crippen LogP contribution in [0.4, 0.5) is 5.13 Å². The van der Waals surface area contributed by atoms with Crippen LogP contribution in [0.25, 0.3) is 10.6 Å². The normalized spacial score (nSPS) is 15.5. The molecular weight excluding hydrogens is 503 g/mol. The minimum absolute atomic E-state index is 0.167. The van der Waals surface area contributed by atoms with Crippen LogP contribution >= 0.6 is 34.5 Å². The number of anilines is 1. The first-order chi connectivity index (χ1) is 15.7. The zero-order chi connectivity index (χ0) is 23.6. The Labute approximate surface area is 206 Å². The fourth-order valence-corrected chi connectivity index (χ4v) is 6.52. The molecule has 33 heavy (non-hydrogen) atoms. The average Bonchev–Trinajstić information content (AvgIpc) is 3.24. The Morgan fingerprint density at radius 2 is 1.82 bits per heavy atom.